The number of allylic oxidation sites excluding steroid dienone is 1. The van der Waals surface area contributed by atoms with Crippen molar-refractivity contribution in [2.75, 3.05) is 38.7 Å². The predicted molar refractivity (Wildman–Crippen MR) is 186 cm³/mol. The molecule has 0 saturated heterocycles. The average molecular weight is 686 g/mol. The number of ether oxygens (including phenoxy) is 1. The van der Waals surface area contributed by atoms with Gasteiger partial charge in [-0.1, -0.05) is 30.2 Å². The molecule has 3 N–H and O–H groups in total. The molecule has 1 fully saturated rings. The molecule has 0 aromatic heterocycles. The molecule has 256 valence electrons. The van der Waals surface area contributed by atoms with Crippen LogP contribution in [-0.2, 0) is 26.7 Å². The van der Waals surface area contributed by atoms with Gasteiger partial charge in [-0.25, -0.2) is 17.9 Å². The van der Waals surface area contributed by atoms with E-state index < -0.39 is 27.1 Å². The molecule has 1 saturated carbocycles. The summed E-state index contributed by atoms with van der Waals surface area (Å²) >= 11 is 6.40. The smallest absolute Gasteiger partial charge is 0.328 e. The van der Waals surface area contributed by atoms with Crippen LogP contribution in [0.3, 0.4) is 0 Å². The number of carbonyl (C=O) groups excluding carboxylic acids is 1. The lowest BCUT2D eigenvalue weighted by atomic mass is 9.67. The molecular weight excluding hydrogens is 638 g/mol. The van der Waals surface area contributed by atoms with E-state index in [-0.39, 0.29) is 28.7 Å². The molecule has 1 spiro atoms. The first-order chi connectivity index (χ1) is 22.4. The van der Waals surface area contributed by atoms with Crippen molar-refractivity contribution >= 4 is 39.2 Å². The number of carboxylic acids is 1. The summed E-state index contributed by atoms with van der Waals surface area (Å²) in [5, 5.41) is 12.4. The number of nitrogens with one attached hydrogen (secondary N) is 2. The highest BCUT2D eigenvalue weighted by Gasteiger charge is 2.44. The zero-order valence-electron chi connectivity index (χ0n) is 27.9. The van der Waals surface area contributed by atoms with Gasteiger partial charge in [0.15, 0.2) is 0 Å². The summed E-state index contributed by atoms with van der Waals surface area (Å²) in [5.41, 5.74) is 4.12. The number of rotatable bonds is 1. The van der Waals surface area contributed by atoms with Gasteiger partial charge in [0.1, 0.15) is 5.75 Å². The lowest BCUT2D eigenvalue weighted by Gasteiger charge is -2.45. The first kappa shape index (κ1) is 35.2. The van der Waals surface area contributed by atoms with Gasteiger partial charge in [-0.05, 0) is 132 Å². The van der Waals surface area contributed by atoms with Gasteiger partial charge in [-0.3, -0.25) is 4.79 Å². The quantitative estimate of drug-likeness (QED) is 0.315. The Hall–Kier alpha value is -3.08. The Labute approximate surface area is 284 Å². The zero-order chi connectivity index (χ0) is 33.9. The molecule has 2 aliphatic carbocycles. The number of sulfonamides is 1. The Bertz CT molecular complexity index is 1630. The Kier molecular flexibility index (Phi) is 10.9. The van der Waals surface area contributed by atoms with Crippen molar-refractivity contribution in [3.63, 3.8) is 0 Å². The number of carbonyl (C=O) groups is 2. The second kappa shape index (κ2) is 14.6. The Morgan fingerprint density at radius 1 is 1.11 bits per heavy atom. The van der Waals surface area contributed by atoms with E-state index in [0.717, 1.165) is 43.4 Å². The van der Waals surface area contributed by atoms with Crippen molar-refractivity contribution in [3.8, 4) is 5.75 Å². The van der Waals surface area contributed by atoms with Crippen molar-refractivity contribution in [1.82, 2.24) is 10.0 Å². The van der Waals surface area contributed by atoms with Crippen molar-refractivity contribution in [3.05, 3.63) is 69.8 Å². The van der Waals surface area contributed by atoms with Crippen molar-refractivity contribution < 1.29 is 27.9 Å². The topological polar surface area (TPSA) is 125 Å². The van der Waals surface area contributed by atoms with Crippen LogP contribution in [0.15, 0.2) is 48.0 Å². The first-order valence-corrected chi connectivity index (χ1v) is 18.7. The summed E-state index contributed by atoms with van der Waals surface area (Å²) in [5.74, 6) is -0.758. The number of anilines is 1. The summed E-state index contributed by atoms with van der Waals surface area (Å²) in [7, 11) is -0.192. The van der Waals surface area contributed by atoms with Crippen LogP contribution in [0.5, 0.6) is 5.75 Å². The summed E-state index contributed by atoms with van der Waals surface area (Å²) < 4.78 is 35.4. The minimum atomic E-state index is -3.94. The fourth-order valence-corrected chi connectivity index (χ4v) is 9.29. The van der Waals surface area contributed by atoms with Crippen LogP contribution in [0, 0.1) is 17.8 Å². The predicted octanol–water partition coefficient (Wildman–Crippen LogP) is 5.95. The minimum Gasteiger partial charge on any atom is -0.490 e. The maximum Gasteiger partial charge on any atom is 0.328 e. The highest BCUT2D eigenvalue weighted by Crippen LogP contribution is 2.48. The largest absolute Gasteiger partial charge is 0.490 e. The molecule has 47 heavy (non-hydrogen) atoms. The minimum absolute atomic E-state index is 0.142. The van der Waals surface area contributed by atoms with Gasteiger partial charge < -0.3 is 20.1 Å². The summed E-state index contributed by atoms with van der Waals surface area (Å²) in [6.07, 6.45) is 8.08. The third kappa shape index (κ3) is 7.65. The lowest BCUT2D eigenvalue weighted by Crippen LogP contribution is -2.48. The molecule has 2 aliphatic heterocycles. The number of hydrogen-bond donors (Lipinski definition) is 3. The SMILES string of the molecule is CNC.C[C@@H]1[C@@H](C)CCC/C(=C\C(=O)O)[C@@H]2CC[C@H]2CN2C[C@@]3(CCCc4cc(Cl)ccc43)COc3ccc(cc32)C(=O)NS1(=O)=O. The number of amides is 1. The molecule has 2 aromatic rings. The van der Waals surface area contributed by atoms with E-state index in [1.54, 1.807) is 25.1 Å². The van der Waals surface area contributed by atoms with Crippen LogP contribution < -0.4 is 19.7 Å². The summed E-state index contributed by atoms with van der Waals surface area (Å²) in [6.45, 7) is 5.31. The standard InChI is InChI=1S/C34H41ClN2O6S.C2H7N/c1-21-5-3-6-23(17-32(38)39)28-11-8-26(28)18-37-19-34(14-4-7-24-15-27(35)10-12-29(24)34)20-43-31-13-9-25(16-30(31)37)33(40)36-44(41,42)22(21)2;1-3-2/h9-10,12-13,15-17,21-22,26,28H,3-8,11,14,18-20H2,1-2H3,(H,36,40)(H,38,39);3H,1-2H3/b23-17+;/t21-,22+,26-,28-,34-;/m0./s1. The monoisotopic (exact) mass is 685 g/mol. The highest BCUT2D eigenvalue weighted by molar-refractivity contribution is 7.90. The Balaban J connectivity index is 0.00000139. The molecule has 2 aromatic carbocycles. The van der Waals surface area contributed by atoms with Gasteiger partial charge in [0.25, 0.3) is 5.91 Å². The van der Waals surface area contributed by atoms with E-state index in [1.807, 2.05) is 27.1 Å². The molecule has 4 aliphatic rings. The van der Waals surface area contributed by atoms with Crippen LogP contribution in [0.1, 0.15) is 80.3 Å². The van der Waals surface area contributed by atoms with Gasteiger partial charge >= 0.3 is 5.97 Å². The maximum atomic E-state index is 13.4. The van der Waals surface area contributed by atoms with Crippen LogP contribution in [0.2, 0.25) is 5.02 Å². The molecule has 6 rings (SSSR count). The third-order valence-corrected chi connectivity index (χ3v) is 12.8. The second-order valence-electron chi connectivity index (χ2n) is 13.8. The number of nitrogens with zero attached hydrogens (tertiary/aromatic N) is 1. The molecule has 0 unspecified atom stereocenters. The van der Waals surface area contributed by atoms with Crippen LogP contribution in [0.25, 0.3) is 0 Å². The van der Waals surface area contributed by atoms with Gasteiger partial charge in [0.05, 0.1) is 17.5 Å². The molecule has 1 amide bonds. The van der Waals surface area contributed by atoms with Crippen LogP contribution in [-0.4, -0.2) is 64.4 Å². The molecule has 0 radical (unpaired) electrons. The molecule has 5 atom stereocenters. The normalized spacial score (nSPS) is 29.5. The van der Waals surface area contributed by atoms with E-state index >= 15 is 0 Å². The Morgan fingerprint density at radius 2 is 1.87 bits per heavy atom. The second-order valence-corrected chi connectivity index (χ2v) is 16.3. The molecule has 2 bridgehead atoms. The number of fused-ring (bicyclic) bond motifs is 4. The maximum absolute atomic E-state index is 13.4. The number of aryl methyl sites for hydroxylation is 1. The van der Waals surface area contributed by atoms with Crippen molar-refractivity contribution in [1.29, 1.82) is 0 Å². The summed E-state index contributed by atoms with van der Waals surface area (Å²) in [4.78, 5) is 27.6. The van der Waals surface area contributed by atoms with Crippen molar-refractivity contribution in [2.45, 2.75) is 75.9 Å². The van der Waals surface area contributed by atoms with Crippen LogP contribution in [0.4, 0.5) is 5.69 Å². The van der Waals surface area contributed by atoms with E-state index in [1.165, 1.54) is 17.2 Å². The molecule has 9 nitrogen and oxygen atoms in total. The fraction of sp³-hybridized carbons (Fsp3) is 0.556. The highest BCUT2D eigenvalue weighted by atomic mass is 35.5. The first-order valence-electron chi connectivity index (χ1n) is 16.8. The molecule has 2 heterocycles. The number of aliphatic carboxylic acids is 1. The van der Waals surface area contributed by atoms with E-state index in [4.69, 9.17) is 16.3 Å². The summed E-state index contributed by atoms with van der Waals surface area (Å²) in [6, 6.07) is 11.3. The number of benzene rings is 2. The fourth-order valence-electron chi connectivity index (χ4n) is 7.79. The van der Waals surface area contributed by atoms with Gasteiger partial charge in [-0.2, -0.15) is 0 Å². The lowest BCUT2D eigenvalue weighted by molar-refractivity contribution is -0.131. The number of hydrogen-bond acceptors (Lipinski definition) is 7. The third-order valence-electron chi connectivity index (χ3n) is 10.6. The Morgan fingerprint density at radius 3 is 2.57 bits per heavy atom. The number of halogens is 1. The van der Waals surface area contributed by atoms with Gasteiger partial charge in [0.2, 0.25) is 10.0 Å². The number of carboxylic acid groups (broad SMARTS) is 1. The van der Waals surface area contributed by atoms with Crippen molar-refractivity contribution in [2.24, 2.45) is 17.8 Å². The van der Waals surface area contributed by atoms with Crippen LogP contribution >= 0.6 is 11.6 Å². The van der Waals surface area contributed by atoms with E-state index in [9.17, 15) is 23.1 Å². The van der Waals surface area contributed by atoms with Gasteiger partial charge in [-0.15, -0.1) is 0 Å². The zero-order valence-corrected chi connectivity index (χ0v) is 29.4. The molecule has 11 heteroatoms. The van der Waals surface area contributed by atoms with E-state index in [2.05, 4.69) is 27.1 Å². The molecular formula is C36H48ClN3O6S. The average Bonchev–Trinajstić information content (AvgIpc) is 3.15. The van der Waals surface area contributed by atoms with Gasteiger partial charge in [0, 0.05) is 35.2 Å². The van der Waals surface area contributed by atoms with E-state index in [0.29, 0.717) is 49.7 Å².